The van der Waals surface area contributed by atoms with E-state index < -0.39 is 0 Å². The first-order valence-corrected chi connectivity index (χ1v) is 6.67. The highest BCUT2D eigenvalue weighted by Crippen LogP contribution is 2.19. The molecule has 0 bridgehead atoms. The van der Waals surface area contributed by atoms with Crippen molar-refractivity contribution in [3.8, 4) is 0 Å². The number of thiophene rings is 1. The Balaban J connectivity index is 1.73. The van der Waals surface area contributed by atoms with Crippen LogP contribution in [0.25, 0.3) is 0 Å². The lowest BCUT2D eigenvalue weighted by Crippen LogP contribution is -2.11. The Hall–Kier alpha value is -0.420. The quantitative estimate of drug-likeness (QED) is 0.828. The fourth-order valence-electron chi connectivity index (χ4n) is 1.69. The molecule has 1 fully saturated rings. The molecule has 1 N–H and O–H groups in total. The maximum absolute atomic E-state index is 5.77. The van der Waals surface area contributed by atoms with Gasteiger partial charge in [-0.3, -0.25) is 0 Å². The Morgan fingerprint density at radius 2 is 2.38 bits per heavy atom. The number of rotatable bonds is 6. The number of nitrogens with one attached hydrogen (secondary N) is 1. The molecule has 2 heterocycles. The van der Waals surface area contributed by atoms with Crippen molar-refractivity contribution in [2.75, 3.05) is 19.8 Å². The fourth-order valence-corrected chi connectivity index (χ4v) is 2.60. The van der Waals surface area contributed by atoms with Crippen molar-refractivity contribution in [2.24, 2.45) is 0 Å². The van der Waals surface area contributed by atoms with E-state index in [9.17, 15) is 0 Å². The Morgan fingerprint density at radius 1 is 1.50 bits per heavy atom. The predicted octanol–water partition coefficient (Wildman–Crippen LogP) is 2.16. The molecule has 1 atom stereocenters. The van der Waals surface area contributed by atoms with E-state index in [1.54, 1.807) is 0 Å². The normalized spacial score (nSPS) is 20.4. The van der Waals surface area contributed by atoms with Crippen LogP contribution in [0.4, 0.5) is 0 Å². The maximum Gasteiger partial charge on any atom is 0.0835 e. The van der Waals surface area contributed by atoms with Crippen molar-refractivity contribution in [3.05, 3.63) is 21.9 Å². The fraction of sp³-hybridized carbons (Fsp3) is 0.667. The van der Waals surface area contributed by atoms with Crippen molar-refractivity contribution in [3.63, 3.8) is 0 Å². The number of hydrogen-bond donors (Lipinski definition) is 1. The summed E-state index contributed by atoms with van der Waals surface area (Å²) < 4.78 is 11.0. The average Bonchev–Trinajstić information content (AvgIpc) is 2.95. The summed E-state index contributed by atoms with van der Waals surface area (Å²) >= 11 is 1.83. The summed E-state index contributed by atoms with van der Waals surface area (Å²) in [5.74, 6) is 0. The molecule has 1 aliphatic rings. The molecule has 1 unspecified atom stereocenters. The summed E-state index contributed by atoms with van der Waals surface area (Å²) in [6.45, 7) is 6.44. The van der Waals surface area contributed by atoms with Gasteiger partial charge >= 0.3 is 0 Å². The predicted molar refractivity (Wildman–Crippen MR) is 65.7 cm³/mol. The van der Waals surface area contributed by atoms with E-state index in [0.717, 1.165) is 39.3 Å². The van der Waals surface area contributed by atoms with Gasteiger partial charge in [-0.15, -0.1) is 11.3 Å². The second-order valence-electron chi connectivity index (χ2n) is 3.94. The van der Waals surface area contributed by atoms with Crippen molar-refractivity contribution >= 4 is 11.3 Å². The molecule has 0 spiro atoms. The molecule has 1 aliphatic heterocycles. The monoisotopic (exact) mass is 241 g/mol. The molecule has 16 heavy (non-hydrogen) atoms. The van der Waals surface area contributed by atoms with Crippen LogP contribution >= 0.6 is 11.3 Å². The molecule has 0 amide bonds. The molecular formula is C12H19NO2S. The third kappa shape index (κ3) is 3.56. The van der Waals surface area contributed by atoms with Gasteiger partial charge in [0.2, 0.25) is 0 Å². The van der Waals surface area contributed by atoms with Crippen LogP contribution in [0.3, 0.4) is 0 Å². The van der Waals surface area contributed by atoms with Gasteiger partial charge in [0.25, 0.3) is 0 Å². The summed E-state index contributed by atoms with van der Waals surface area (Å²) in [7, 11) is 0. The van der Waals surface area contributed by atoms with Crippen LogP contribution < -0.4 is 5.32 Å². The van der Waals surface area contributed by atoms with Crippen LogP contribution in [0.5, 0.6) is 0 Å². The zero-order valence-electron chi connectivity index (χ0n) is 9.70. The first kappa shape index (κ1) is 12.0. The zero-order chi connectivity index (χ0) is 11.2. The Kier molecular flexibility index (Phi) is 4.78. The second-order valence-corrected chi connectivity index (χ2v) is 5.20. The topological polar surface area (TPSA) is 30.5 Å². The van der Waals surface area contributed by atoms with Gasteiger partial charge in [-0.05, 0) is 25.1 Å². The highest BCUT2D eigenvalue weighted by atomic mass is 32.1. The second kappa shape index (κ2) is 6.35. The van der Waals surface area contributed by atoms with Crippen molar-refractivity contribution in [1.82, 2.24) is 5.32 Å². The van der Waals surface area contributed by atoms with Crippen LogP contribution in [0, 0.1) is 0 Å². The first-order chi connectivity index (χ1) is 7.88. The molecule has 0 aromatic carbocycles. The van der Waals surface area contributed by atoms with Gasteiger partial charge in [0.05, 0.1) is 19.3 Å². The van der Waals surface area contributed by atoms with Gasteiger partial charge in [0, 0.05) is 22.9 Å². The third-order valence-corrected chi connectivity index (χ3v) is 3.67. The van der Waals surface area contributed by atoms with E-state index in [4.69, 9.17) is 9.47 Å². The molecule has 4 heteroatoms. The molecular weight excluding hydrogens is 222 g/mol. The van der Waals surface area contributed by atoms with Crippen LogP contribution in [-0.2, 0) is 22.6 Å². The van der Waals surface area contributed by atoms with Crippen LogP contribution in [-0.4, -0.2) is 25.9 Å². The maximum atomic E-state index is 5.77. The summed E-state index contributed by atoms with van der Waals surface area (Å²) in [5, 5.41) is 3.32. The highest BCUT2D eigenvalue weighted by Gasteiger charge is 2.16. The minimum absolute atomic E-state index is 0.305. The zero-order valence-corrected chi connectivity index (χ0v) is 10.5. The lowest BCUT2D eigenvalue weighted by molar-refractivity contribution is 0.0331. The molecule has 1 saturated heterocycles. The Bertz CT molecular complexity index is 308. The molecule has 0 radical (unpaired) electrons. The Labute approximate surface area is 101 Å². The van der Waals surface area contributed by atoms with Crippen LogP contribution in [0.2, 0.25) is 0 Å². The Morgan fingerprint density at radius 3 is 3.12 bits per heavy atom. The van der Waals surface area contributed by atoms with E-state index in [2.05, 4.69) is 24.4 Å². The van der Waals surface area contributed by atoms with E-state index in [1.165, 1.54) is 9.75 Å². The standard InChI is InChI=1S/C12H19NO2S/c1-2-13-7-11-3-4-12(16-11)9-15-10-5-6-14-8-10/h3-4,10,13H,2,5-9H2,1H3. The summed E-state index contributed by atoms with van der Waals surface area (Å²) in [4.78, 5) is 2.68. The van der Waals surface area contributed by atoms with Gasteiger partial charge in [0.15, 0.2) is 0 Å². The van der Waals surface area contributed by atoms with Gasteiger partial charge in [-0.25, -0.2) is 0 Å². The molecule has 1 aromatic rings. The third-order valence-electron chi connectivity index (χ3n) is 2.62. The minimum Gasteiger partial charge on any atom is -0.379 e. The number of hydrogen-bond acceptors (Lipinski definition) is 4. The summed E-state index contributed by atoms with van der Waals surface area (Å²) in [5.41, 5.74) is 0. The van der Waals surface area contributed by atoms with E-state index in [1.807, 2.05) is 11.3 Å². The lowest BCUT2D eigenvalue weighted by Gasteiger charge is -2.07. The molecule has 0 saturated carbocycles. The molecule has 90 valence electrons. The van der Waals surface area contributed by atoms with Gasteiger partial charge in [-0.2, -0.15) is 0 Å². The molecule has 0 aliphatic carbocycles. The van der Waals surface area contributed by atoms with Crippen LogP contribution in [0.15, 0.2) is 12.1 Å². The SMILES string of the molecule is CCNCc1ccc(COC2CCOC2)s1. The summed E-state index contributed by atoms with van der Waals surface area (Å²) in [6, 6.07) is 4.34. The van der Waals surface area contributed by atoms with Gasteiger partial charge < -0.3 is 14.8 Å². The van der Waals surface area contributed by atoms with Crippen LogP contribution in [0.1, 0.15) is 23.1 Å². The minimum atomic E-state index is 0.305. The van der Waals surface area contributed by atoms with E-state index in [0.29, 0.717) is 6.10 Å². The van der Waals surface area contributed by atoms with Crippen molar-refractivity contribution in [2.45, 2.75) is 32.6 Å². The molecule has 3 nitrogen and oxygen atoms in total. The van der Waals surface area contributed by atoms with Gasteiger partial charge in [-0.1, -0.05) is 6.92 Å². The number of ether oxygens (including phenoxy) is 2. The van der Waals surface area contributed by atoms with Crippen molar-refractivity contribution < 1.29 is 9.47 Å². The molecule has 1 aromatic heterocycles. The lowest BCUT2D eigenvalue weighted by atomic mass is 10.3. The van der Waals surface area contributed by atoms with Crippen molar-refractivity contribution in [1.29, 1.82) is 0 Å². The summed E-state index contributed by atoms with van der Waals surface area (Å²) in [6.07, 6.45) is 1.34. The van der Waals surface area contributed by atoms with E-state index >= 15 is 0 Å². The average molecular weight is 241 g/mol. The molecule has 2 rings (SSSR count). The first-order valence-electron chi connectivity index (χ1n) is 5.86. The largest absolute Gasteiger partial charge is 0.379 e. The van der Waals surface area contributed by atoms with E-state index in [-0.39, 0.29) is 0 Å². The highest BCUT2D eigenvalue weighted by molar-refractivity contribution is 7.11. The van der Waals surface area contributed by atoms with Gasteiger partial charge in [0.1, 0.15) is 0 Å². The smallest absolute Gasteiger partial charge is 0.0835 e.